The monoisotopic (exact) mass is 525 g/mol. The van der Waals surface area contributed by atoms with Gasteiger partial charge in [0.15, 0.2) is 23.1 Å². The van der Waals surface area contributed by atoms with Crippen LogP contribution in [-0.2, 0) is 19.2 Å². The van der Waals surface area contributed by atoms with Gasteiger partial charge in [-0.3, -0.25) is 24.1 Å². The van der Waals surface area contributed by atoms with E-state index < -0.39 is 17.8 Å². The van der Waals surface area contributed by atoms with Gasteiger partial charge in [0.25, 0.3) is 0 Å². The molecule has 1 fully saturated rings. The molecular formula is C26H24BrNO6. The normalized spacial score (nSPS) is 28.4. The summed E-state index contributed by atoms with van der Waals surface area (Å²) in [5.74, 6) is -2.67. The zero-order valence-electron chi connectivity index (χ0n) is 18.8. The number of hydrogen-bond acceptors (Lipinski definition) is 6. The number of hydrogen-bond donors (Lipinski definition) is 1. The zero-order valence-corrected chi connectivity index (χ0v) is 20.4. The lowest BCUT2D eigenvalue weighted by Crippen LogP contribution is -2.39. The molecule has 176 valence electrons. The molecule has 7 nitrogen and oxygen atoms in total. The van der Waals surface area contributed by atoms with Crippen molar-refractivity contribution >= 4 is 39.3 Å². The number of fused-ring (bicyclic) bond motifs is 3. The molecule has 4 aliphatic rings. The average Bonchev–Trinajstić information content (AvgIpc) is 3.06. The fraction of sp³-hybridized carbons (Fsp3) is 0.385. The van der Waals surface area contributed by atoms with Crippen molar-refractivity contribution in [2.24, 2.45) is 17.8 Å². The summed E-state index contributed by atoms with van der Waals surface area (Å²) in [6.45, 7) is 2.30. The molecule has 34 heavy (non-hydrogen) atoms. The molecule has 1 aromatic carbocycles. The molecule has 0 bridgehead atoms. The van der Waals surface area contributed by atoms with Gasteiger partial charge in [0.05, 0.1) is 23.4 Å². The number of amides is 2. The van der Waals surface area contributed by atoms with Gasteiger partial charge >= 0.3 is 0 Å². The highest BCUT2D eigenvalue weighted by Gasteiger charge is 2.56. The number of methoxy groups -OCH3 is 1. The van der Waals surface area contributed by atoms with Crippen LogP contribution in [0.3, 0.4) is 0 Å². The summed E-state index contributed by atoms with van der Waals surface area (Å²) in [6, 6.07) is 4.92. The first-order valence-corrected chi connectivity index (χ1v) is 12.2. The lowest BCUT2D eigenvalue weighted by atomic mass is 9.59. The van der Waals surface area contributed by atoms with Gasteiger partial charge in [0.1, 0.15) is 0 Å². The van der Waals surface area contributed by atoms with Gasteiger partial charge < -0.3 is 9.84 Å². The van der Waals surface area contributed by atoms with Crippen molar-refractivity contribution in [3.63, 3.8) is 0 Å². The number of carbonyl (C=O) groups excluding carboxylic acids is 4. The van der Waals surface area contributed by atoms with Gasteiger partial charge in [-0.1, -0.05) is 24.6 Å². The fourth-order valence-corrected chi connectivity index (χ4v) is 6.43. The van der Waals surface area contributed by atoms with Gasteiger partial charge in [-0.25, -0.2) is 0 Å². The molecule has 0 unspecified atom stereocenters. The Kier molecular flexibility index (Phi) is 5.59. The third-order valence-electron chi connectivity index (χ3n) is 7.41. The minimum Gasteiger partial charge on any atom is -0.504 e. The second kappa shape index (κ2) is 8.34. The molecule has 3 aliphatic carbocycles. The predicted molar refractivity (Wildman–Crippen MR) is 126 cm³/mol. The molecular weight excluding hydrogens is 502 g/mol. The molecule has 0 spiro atoms. The number of phenolic OH excluding ortho intramolecular Hbond substituents is 1. The van der Waals surface area contributed by atoms with E-state index in [9.17, 15) is 24.3 Å². The standard InChI is InChI=1S/C26H24BrNO6/c1-3-8-28-25(32)14-6-5-13-15(22(14)26(28)33)10-16-23(19(30)11-17(27)24(16)31)21(13)12-4-7-20(34-2)18(29)9-12/h4-5,7,9,11,14-15,21-22,29H,3,6,8,10H2,1-2H3/t14-,15+,21-,22-/m0/s1. The number of ketones is 2. The van der Waals surface area contributed by atoms with E-state index in [1.807, 2.05) is 13.0 Å². The SMILES string of the molecule is CCCN1C(=O)[C@H]2[C@H](CC=C3[C@H](c4ccc(OC)c(O)c4)C4=C(C[C@H]32)C(=O)C(Br)=CC4=O)C1=O. The highest BCUT2D eigenvalue weighted by atomic mass is 79.9. The first-order valence-electron chi connectivity index (χ1n) is 11.4. The number of phenols is 1. The Morgan fingerprint density at radius 2 is 1.91 bits per heavy atom. The Hall–Kier alpha value is -3.00. The van der Waals surface area contributed by atoms with E-state index in [1.54, 1.807) is 18.2 Å². The third kappa shape index (κ3) is 3.22. The Balaban J connectivity index is 1.67. The van der Waals surface area contributed by atoms with Crippen LogP contribution < -0.4 is 4.74 Å². The first-order chi connectivity index (χ1) is 16.3. The van der Waals surface area contributed by atoms with E-state index in [2.05, 4.69) is 15.9 Å². The summed E-state index contributed by atoms with van der Waals surface area (Å²) in [5, 5.41) is 10.5. The van der Waals surface area contributed by atoms with Gasteiger partial charge in [0, 0.05) is 29.7 Å². The molecule has 1 heterocycles. The number of ether oxygens (including phenoxy) is 1. The van der Waals surface area contributed by atoms with E-state index in [-0.39, 0.29) is 46.0 Å². The van der Waals surface area contributed by atoms with Gasteiger partial charge in [-0.15, -0.1) is 0 Å². The van der Waals surface area contributed by atoms with Crippen LogP contribution in [0.5, 0.6) is 11.5 Å². The molecule has 1 N–H and O–H groups in total. The maximum atomic E-state index is 13.4. The Labute approximate surface area is 205 Å². The fourth-order valence-electron chi connectivity index (χ4n) is 5.98. The Bertz CT molecular complexity index is 1240. The van der Waals surface area contributed by atoms with Crippen LogP contribution in [0.25, 0.3) is 0 Å². The van der Waals surface area contributed by atoms with E-state index in [1.165, 1.54) is 18.1 Å². The summed E-state index contributed by atoms with van der Waals surface area (Å²) >= 11 is 3.21. The number of halogens is 1. The van der Waals surface area contributed by atoms with Crippen molar-refractivity contribution in [3.05, 3.63) is 57.1 Å². The Morgan fingerprint density at radius 3 is 2.59 bits per heavy atom. The number of Topliss-reactive ketones (excluding diaryl/α,β-unsaturated/α-hetero) is 1. The minimum absolute atomic E-state index is 0.0777. The second-order valence-electron chi connectivity index (χ2n) is 9.15. The largest absolute Gasteiger partial charge is 0.504 e. The van der Waals surface area contributed by atoms with Crippen LogP contribution in [0.15, 0.2) is 51.6 Å². The predicted octanol–water partition coefficient (Wildman–Crippen LogP) is 3.57. The highest BCUT2D eigenvalue weighted by Crippen LogP contribution is 2.55. The van der Waals surface area contributed by atoms with Gasteiger partial charge in [-0.05, 0) is 58.8 Å². The average molecular weight is 526 g/mol. The molecule has 4 atom stereocenters. The lowest BCUT2D eigenvalue weighted by molar-refractivity contribution is -0.140. The number of benzene rings is 1. The third-order valence-corrected chi connectivity index (χ3v) is 7.99. The van der Waals surface area contributed by atoms with Crippen LogP contribution in [0.1, 0.15) is 37.7 Å². The van der Waals surface area contributed by atoms with Crippen LogP contribution in [0.2, 0.25) is 0 Å². The molecule has 0 radical (unpaired) electrons. The number of nitrogens with zero attached hydrogens (tertiary/aromatic N) is 1. The maximum absolute atomic E-state index is 13.4. The van der Waals surface area contributed by atoms with Crippen molar-refractivity contribution in [1.82, 2.24) is 4.90 Å². The molecule has 8 heteroatoms. The van der Waals surface area contributed by atoms with Crippen molar-refractivity contribution in [2.75, 3.05) is 13.7 Å². The number of imide groups is 1. The zero-order chi connectivity index (χ0) is 24.3. The summed E-state index contributed by atoms with van der Waals surface area (Å²) in [6.07, 6.45) is 4.57. The lowest BCUT2D eigenvalue weighted by Gasteiger charge is -2.42. The van der Waals surface area contributed by atoms with Crippen LogP contribution in [0.4, 0.5) is 0 Å². The number of carbonyl (C=O) groups is 4. The molecule has 0 saturated carbocycles. The van der Waals surface area contributed by atoms with Gasteiger partial charge in [0.2, 0.25) is 11.8 Å². The molecule has 1 aromatic rings. The highest BCUT2D eigenvalue weighted by molar-refractivity contribution is 9.12. The summed E-state index contributed by atoms with van der Waals surface area (Å²) in [5.41, 5.74) is 2.24. The first kappa shape index (κ1) is 22.8. The topological polar surface area (TPSA) is 101 Å². The molecule has 1 aliphatic heterocycles. The molecule has 2 amide bonds. The number of likely N-dealkylation sites (tertiary alicyclic amines) is 1. The Morgan fingerprint density at radius 1 is 1.15 bits per heavy atom. The summed E-state index contributed by atoms with van der Waals surface area (Å²) < 4.78 is 5.36. The minimum atomic E-state index is -0.595. The number of rotatable bonds is 4. The molecule has 0 aromatic heterocycles. The van der Waals surface area contributed by atoms with Gasteiger partial charge in [-0.2, -0.15) is 0 Å². The van der Waals surface area contributed by atoms with Crippen molar-refractivity contribution < 1.29 is 29.0 Å². The maximum Gasteiger partial charge on any atom is 0.233 e. The van der Waals surface area contributed by atoms with E-state index >= 15 is 0 Å². The van der Waals surface area contributed by atoms with Crippen molar-refractivity contribution in [2.45, 2.75) is 32.1 Å². The smallest absolute Gasteiger partial charge is 0.233 e. The van der Waals surface area contributed by atoms with E-state index in [0.717, 1.165) is 5.57 Å². The van der Waals surface area contributed by atoms with E-state index in [4.69, 9.17) is 4.74 Å². The van der Waals surface area contributed by atoms with Crippen LogP contribution >= 0.6 is 15.9 Å². The quantitative estimate of drug-likeness (QED) is 0.366. The summed E-state index contributed by atoms with van der Waals surface area (Å²) in [7, 11) is 1.45. The number of aromatic hydroxyl groups is 1. The van der Waals surface area contributed by atoms with Crippen molar-refractivity contribution in [1.29, 1.82) is 0 Å². The van der Waals surface area contributed by atoms with Crippen LogP contribution in [0, 0.1) is 17.8 Å². The van der Waals surface area contributed by atoms with E-state index in [0.29, 0.717) is 41.8 Å². The molecule has 5 rings (SSSR count). The van der Waals surface area contributed by atoms with Crippen LogP contribution in [-0.4, -0.2) is 47.0 Å². The summed E-state index contributed by atoms with van der Waals surface area (Å²) in [4.78, 5) is 54.1. The van der Waals surface area contributed by atoms with Crippen molar-refractivity contribution in [3.8, 4) is 11.5 Å². The molecule has 1 saturated heterocycles. The number of allylic oxidation sites excluding steroid dienone is 6. The second-order valence-corrected chi connectivity index (χ2v) is 10.0.